The molecule has 3 rings (SSSR count). The summed E-state index contributed by atoms with van der Waals surface area (Å²) in [6, 6.07) is 11.5. The fourth-order valence-corrected chi connectivity index (χ4v) is 2.23. The maximum absolute atomic E-state index is 9.61. The molecule has 0 atom stereocenters. The summed E-state index contributed by atoms with van der Waals surface area (Å²) >= 11 is 0. The van der Waals surface area contributed by atoms with Gasteiger partial charge in [-0.2, -0.15) is 4.98 Å². The monoisotopic (exact) mass is 296 g/mol. The van der Waals surface area contributed by atoms with Crippen molar-refractivity contribution in [2.24, 2.45) is 0 Å². The zero-order valence-electron chi connectivity index (χ0n) is 12.2. The van der Waals surface area contributed by atoms with Crippen LogP contribution in [0.4, 0.5) is 0 Å². The Kier molecular flexibility index (Phi) is 4.05. The number of hydrogen-bond donors (Lipinski definition) is 1. The molecule has 1 aliphatic heterocycles. The van der Waals surface area contributed by atoms with Gasteiger partial charge in [-0.05, 0) is 18.6 Å². The Labute approximate surface area is 128 Å². The van der Waals surface area contributed by atoms with E-state index in [0.717, 1.165) is 11.1 Å². The highest BCUT2D eigenvalue weighted by Crippen LogP contribution is 2.23. The Morgan fingerprint density at radius 2 is 2.09 bits per heavy atom. The van der Waals surface area contributed by atoms with Gasteiger partial charge in [0.25, 0.3) is 0 Å². The molecule has 1 aromatic heterocycles. The van der Waals surface area contributed by atoms with Crippen LogP contribution in [0.2, 0.25) is 0 Å². The molecule has 2 heterocycles. The highest BCUT2D eigenvalue weighted by Gasteiger charge is 2.14. The second-order valence-corrected chi connectivity index (χ2v) is 4.97. The number of aromatic hydroxyl groups is 1. The van der Waals surface area contributed by atoms with E-state index < -0.39 is 0 Å². The second kappa shape index (κ2) is 6.30. The average molecular weight is 296 g/mol. The first kappa shape index (κ1) is 14.1. The number of benzene rings is 1. The van der Waals surface area contributed by atoms with Gasteiger partial charge in [0, 0.05) is 23.8 Å². The molecule has 0 radical (unpaired) electrons. The van der Waals surface area contributed by atoms with Crippen molar-refractivity contribution in [3.8, 4) is 5.88 Å². The molecule has 0 unspecified atom stereocenters. The summed E-state index contributed by atoms with van der Waals surface area (Å²) in [6.45, 7) is 2.02. The first-order valence-electron chi connectivity index (χ1n) is 6.95. The number of allylic oxidation sites excluding steroid dienone is 1. The maximum atomic E-state index is 9.61. The summed E-state index contributed by atoms with van der Waals surface area (Å²) in [5.74, 6) is 1.06. The van der Waals surface area contributed by atoms with Crippen LogP contribution in [0.15, 0.2) is 54.0 Å². The van der Waals surface area contributed by atoms with E-state index in [1.807, 2.05) is 37.3 Å². The summed E-state index contributed by atoms with van der Waals surface area (Å²) in [7, 11) is 0. The van der Waals surface area contributed by atoms with Crippen LogP contribution >= 0.6 is 0 Å². The van der Waals surface area contributed by atoms with Gasteiger partial charge < -0.3 is 14.6 Å². The highest BCUT2D eigenvalue weighted by molar-refractivity contribution is 5.54. The summed E-state index contributed by atoms with van der Waals surface area (Å²) in [5.41, 5.74) is 2.74. The first-order chi connectivity index (χ1) is 10.7. The maximum Gasteiger partial charge on any atom is 0.230 e. The molecule has 0 saturated carbocycles. The number of aromatic nitrogens is 2. The van der Waals surface area contributed by atoms with Gasteiger partial charge >= 0.3 is 0 Å². The molecule has 5 nitrogen and oxygen atoms in total. The van der Waals surface area contributed by atoms with Crippen molar-refractivity contribution < 1.29 is 14.6 Å². The van der Waals surface area contributed by atoms with Gasteiger partial charge in [0.2, 0.25) is 12.7 Å². The molecule has 2 aromatic rings. The van der Waals surface area contributed by atoms with Crippen LogP contribution in [-0.4, -0.2) is 21.9 Å². The highest BCUT2D eigenvalue weighted by atomic mass is 16.7. The van der Waals surface area contributed by atoms with E-state index >= 15 is 0 Å². The molecule has 1 N–H and O–H groups in total. The van der Waals surface area contributed by atoms with Gasteiger partial charge in [-0.15, -0.1) is 0 Å². The third-order valence-corrected chi connectivity index (χ3v) is 3.19. The number of hydrogen-bond acceptors (Lipinski definition) is 5. The van der Waals surface area contributed by atoms with E-state index in [9.17, 15) is 5.11 Å². The summed E-state index contributed by atoms with van der Waals surface area (Å²) in [5, 5.41) is 9.61. The molecule has 0 aliphatic carbocycles. The van der Waals surface area contributed by atoms with Crippen LogP contribution < -0.4 is 0 Å². The van der Waals surface area contributed by atoms with Crippen LogP contribution in [0.1, 0.15) is 17.1 Å². The SMILES string of the molecule is Cc1cc(O)nc(/C=C(\Cc2ccccc2)C2=COCO2)n1. The normalized spacial score (nSPS) is 14.2. The lowest BCUT2D eigenvalue weighted by Crippen LogP contribution is -1.99. The van der Waals surface area contributed by atoms with E-state index in [1.165, 1.54) is 6.07 Å². The average Bonchev–Trinajstić information content (AvgIpc) is 3.01. The smallest absolute Gasteiger partial charge is 0.230 e. The molecular weight excluding hydrogens is 280 g/mol. The van der Waals surface area contributed by atoms with E-state index in [0.29, 0.717) is 23.7 Å². The molecule has 5 heteroatoms. The number of nitrogens with zero attached hydrogens (tertiary/aromatic N) is 2. The lowest BCUT2D eigenvalue weighted by Gasteiger charge is -2.08. The minimum Gasteiger partial charge on any atom is -0.493 e. The van der Waals surface area contributed by atoms with E-state index in [4.69, 9.17) is 9.47 Å². The molecule has 22 heavy (non-hydrogen) atoms. The first-order valence-corrected chi connectivity index (χ1v) is 6.95. The van der Waals surface area contributed by atoms with Gasteiger partial charge in [0.1, 0.15) is 6.26 Å². The quantitative estimate of drug-likeness (QED) is 0.939. The topological polar surface area (TPSA) is 64.5 Å². The number of aryl methyl sites for hydroxylation is 1. The van der Waals surface area contributed by atoms with Crippen molar-refractivity contribution in [2.45, 2.75) is 13.3 Å². The van der Waals surface area contributed by atoms with Crippen molar-refractivity contribution in [2.75, 3.05) is 6.79 Å². The number of rotatable bonds is 4. The zero-order valence-corrected chi connectivity index (χ0v) is 12.2. The van der Waals surface area contributed by atoms with E-state index in [2.05, 4.69) is 9.97 Å². The van der Waals surface area contributed by atoms with Crippen molar-refractivity contribution in [1.82, 2.24) is 9.97 Å². The fraction of sp³-hybridized carbons (Fsp3) is 0.176. The minimum atomic E-state index is -0.0459. The van der Waals surface area contributed by atoms with Crippen LogP contribution in [0.5, 0.6) is 5.88 Å². The minimum absolute atomic E-state index is 0.0459. The lowest BCUT2D eigenvalue weighted by molar-refractivity contribution is 0.0830. The largest absolute Gasteiger partial charge is 0.493 e. The van der Waals surface area contributed by atoms with E-state index in [-0.39, 0.29) is 12.7 Å². The van der Waals surface area contributed by atoms with Crippen molar-refractivity contribution >= 4 is 6.08 Å². The predicted octanol–water partition coefficient (Wildman–Crippen LogP) is 2.96. The van der Waals surface area contributed by atoms with Crippen molar-refractivity contribution in [3.05, 3.63) is 71.1 Å². The Hall–Kier alpha value is -2.82. The molecule has 0 fully saturated rings. The molecule has 1 aliphatic rings. The lowest BCUT2D eigenvalue weighted by atomic mass is 10.0. The molecule has 0 saturated heterocycles. The van der Waals surface area contributed by atoms with Gasteiger partial charge in [0.15, 0.2) is 11.6 Å². The van der Waals surface area contributed by atoms with Crippen molar-refractivity contribution in [3.63, 3.8) is 0 Å². The van der Waals surface area contributed by atoms with Crippen LogP contribution in [-0.2, 0) is 15.9 Å². The predicted molar refractivity (Wildman–Crippen MR) is 81.7 cm³/mol. The second-order valence-electron chi connectivity index (χ2n) is 4.97. The van der Waals surface area contributed by atoms with Crippen molar-refractivity contribution in [1.29, 1.82) is 0 Å². The Balaban J connectivity index is 1.95. The fourth-order valence-electron chi connectivity index (χ4n) is 2.23. The molecule has 1 aromatic carbocycles. The molecule has 0 spiro atoms. The standard InChI is InChI=1S/C17H16N2O3/c1-12-7-17(20)19-16(18-12)9-14(15-10-21-11-22-15)8-13-5-3-2-4-6-13/h2-7,9-10H,8,11H2,1H3,(H,18,19,20)/b14-9+. The van der Waals surface area contributed by atoms with E-state index in [1.54, 1.807) is 12.3 Å². The molecule has 112 valence electrons. The zero-order chi connectivity index (χ0) is 15.4. The molecular formula is C17H16N2O3. The van der Waals surface area contributed by atoms with Gasteiger partial charge in [-0.1, -0.05) is 30.3 Å². The molecule has 0 bridgehead atoms. The molecule has 0 amide bonds. The van der Waals surface area contributed by atoms with Crippen LogP contribution in [0.3, 0.4) is 0 Å². The van der Waals surface area contributed by atoms with Gasteiger partial charge in [-0.3, -0.25) is 0 Å². The Morgan fingerprint density at radius 1 is 1.27 bits per heavy atom. The third kappa shape index (κ3) is 3.44. The van der Waals surface area contributed by atoms with Crippen LogP contribution in [0.25, 0.3) is 6.08 Å². The van der Waals surface area contributed by atoms with Gasteiger partial charge in [0.05, 0.1) is 0 Å². The Bertz CT molecular complexity index is 704. The Morgan fingerprint density at radius 3 is 2.77 bits per heavy atom. The van der Waals surface area contributed by atoms with Crippen LogP contribution in [0, 0.1) is 6.92 Å². The summed E-state index contributed by atoms with van der Waals surface area (Å²) in [4.78, 5) is 8.35. The van der Waals surface area contributed by atoms with Gasteiger partial charge in [-0.25, -0.2) is 4.98 Å². The summed E-state index contributed by atoms with van der Waals surface area (Å²) < 4.78 is 10.6. The third-order valence-electron chi connectivity index (χ3n) is 3.19. The summed E-state index contributed by atoms with van der Waals surface area (Å²) in [6.07, 6.45) is 4.05. The number of ether oxygens (including phenoxy) is 2.